The molecule has 2 heterocycles. The fraction of sp³-hybridized carbons (Fsp3) is 0.0476. The van der Waals surface area contributed by atoms with E-state index in [1.54, 1.807) is 23.0 Å². The fourth-order valence-corrected chi connectivity index (χ4v) is 3.15. The maximum absolute atomic E-state index is 12.6. The summed E-state index contributed by atoms with van der Waals surface area (Å²) in [5, 5.41) is 8.01. The number of benzene rings is 2. The number of halogens is 2. The predicted octanol–water partition coefficient (Wildman–Crippen LogP) is 4.95. The molecule has 6 nitrogen and oxygen atoms in total. The highest BCUT2D eigenvalue weighted by Crippen LogP contribution is 2.26. The topological polar surface area (TPSA) is 72.7 Å². The largest absolute Gasteiger partial charge is 0.307 e. The van der Waals surface area contributed by atoms with Crippen molar-refractivity contribution in [2.24, 2.45) is 0 Å². The van der Waals surface area contributed by atoms with Gasteiger partial charge in [-0.25, -0.2) is 14.6 Å². The Morgan fingerprint density at radius 3 is 2.48 bits per heavy atom. The minimum Gasteiger partial charge on any atom is -0.307 e. The second-order valence-electron chi connectivity index (χ2n) is 6.20. The van der Waals surface area contributed by atoms with Crippen LogP contribution in [0.4, 0.5) is 5.82 Å². The minimum absolute atomic E-state index is 0.330. The predicted molar refractivity (Wildman–Crippen MR) is 113 cm³/mol. The molecule has 0 aliphatic carbocycles. The van der Waals surface area contributed by atoms with Crippen molar-refractivity contribution in [1.82, 2.24) is 19.7 Å². The van der Waals surface area contributed by atoms with Crippen LogP contribution in [0.3, 0.4) is 0 Å². The van der Waals surface area contributed by atoms with E-state index in [0.717, 1.165) is 11.1 Å². The number of hydrogen-bond donors (Lipinski definition) is 1. The summed E-state index contributed by atoms with van der Waals surface area (Å²) in [6, 6.07) is 16.7. The summed E-state index contributed by atoms with van der Waals surface area (Å²) in [4.78, 5) is 21.2. The molecule has 4 aromatic rings. The minimum atomic E-state index is -0.330. The van der Waals surface area contributed by atoms with Crippen molar-refractivity contribution in [1.29, 1.82) is 0 Å². The van der Waals surface area contributed by atoms with Gasteiger partial charge < -0.3 is 5.32 Å². The Morgan fingerprint density at radius 2 is 1.72 bits per heavy atom. The van der Waals surface area contributed by atoms with Crippen LogP contribution in [0.25, 0.3) is 11.4 Å². The van der Waals surface area contributed by atoms with Crippen LogP contribution in [0.15, 0.2) is 73.2 Å². The molecule has 29 heavy (non-hydrogen) atoms. The maximum Gasteiger partial charge on any atom is 0.259 e. The summed E-state index contributed by atoms with van der Waals surface area (Å²) >= 11 is 12.3. The highest BCUT2D eigenvalue weighted by atomic mass is 35.5. The third-order valence-corrected chi connectivity index (χ3v) is 5.11. The van der Waals surface area contributed by atoms with Crippen molar-refractivity contribution < 1.29 is 4.79 Å². The molecule has 0 fully saturated rings. The maximum atomic E-state index is 12.6. The van der Waals surface area contributed by atoms with Crippen LogP contribution in [-0.4, -0.2) is 25.7 Å². The van der Waals surface area contributed by atoms with Crippen molar-refractivity contribution in [2.45, 2.75) is 6.54 Å². The van der Waals surface area contributed by atoms with Gasteiger partial charge in [0.15, 0.2) is 5.82 Å². The Hall–Kier alpha value is -3.22. The third-order valence-electron chi connectivity index (χ3n) is 4.26. The number of aromatic nitrogens is 4. The Balaban J connectivity index is 1.49. The molecule has 8 heteroatoms. The van der Waals surface area contributed by atoms with E-state index in [0.29, 0.717) is 33.8 Å². The molecule has 1 amide bonds. The van der Waals surface area contributed by atoms with Crippen LogP contribution >= 0.6 is 23.2 Å². The van der Waals surface area contributed by atoms with Crippen molar-refractivity contribution in [2.75, 3.05) is 5.32 Å². The van der Waals surface area contributed by atoms with E-state index < -0.39 is 0 Å². The van der Waals surface area contributed by atoms with Gasteiger partial charge in [0.25, 0.3) is 5.91 Å². The van der Waals surface area contributed by atoms with E-state index in [-0.39, 0.29) is 5.91 Å². The molecule has 2 aromatic carbocycles. The number of carbonyl (C=O) groups excluding carboxylic acids is 1. The lowest BCUT2D eigenvalue weighted by Crippen LogP contribution is -2.17. The number of nitrogens with zero attached hydrogens (tertiary/aromatic N) is 4. The van der Waals surface area contributed by atoms with Gasteiger partial charge in [-0.05, 0) is 11.6 Å². The van der Waals surface area contributed by atoms with Gasteiger partial charge in [-0.3, -0.25) is 4.79 Å². The first kappa shape index (κ1) is 19.1. The monoisotopic (exact) mass is 423 g/mol. The second kappa shape index (κ2) is 8.43. The van der Waals surface area contributed by atoms with Crippen molar-refractivity contribution in [3.63, 3.8) is 0 Å². The standard InChI is InChI=1S/C21H15Cl2N5O/c22-17-8-4-7-15(19(17)23)13-28-18(9-10-26-28)27-21(29)16-11-24-20(25-12-16)14-5-2-1-3-6-14/h1-12H,13H2,(H,27,29). The first-order valence-corrected chi connectivity index (χ1v) is 9.51. The molecule has 0 spiro atoms. The number of hydrogen-bond acceptors (Lipinski definition) is 4. The van der Waals surface area contributed by atoms with Crippen molar-refractivity contribution in [3.05, 3.63) is 94.4 Å². The molecule has 0 radical (unpaired) electrons. The van der Waals surface area contributed by atoms with Crippen LogP contribution in [0, 0.1) is 0 Å². The summed E-state index contributed by atoms with van der Waals surface area (Å²) in [7, 11) is 0. The first-order valence-electron chi connectivity index (χ1n) is 8.75. The quantitative estimate of drug-likeness (QED) is 0.492. The Labute approximate surface area is 177 Å². The highest BCUT2D eigenvalue weighted by molar-refractivity contribution is 6.42. The van der Waals surface area contributed by atoms with Crippen LogP contribution in [0.5, 0.6) is 0 Å². The van der Waals surface area contributed by atoms with Gasteiger partial charge in [-0.1, -0.05) is 65.7 Å². The van der Waals surface area contributed by atoms with E-state index in [9.17, 15) is 4.79 Å². The van der Waals surface area contributed by atoms with E-state index in [2.05, 4.69) is 20.4 Å². The van der Waals surface area contributed by atoms with Crippen molar-refractivity contribution >= 4 is 34.9 Å². The lowest BCUT2D eigenvalue weighted by molar-refractivity contribution is 0.102. The molecule has 1 N–H and O–H groups in total. The van der Waals surface area contributed by atoms with E-state index in [1.165, 1.54) is 12.4 Å². The normalized spacial score (nSPS) is 10.7. The molecular weight excluding hydrogens is 409 g/mol. The molecule has 144 valence electrons. The molecule has 0 bridgehead atoms. The van der Waals surface area contributed by atoms with Gasteiger partial charge in [-0.15, -0.1) is 0 Å². The summed E-state index contributed by atoms with van der Waals surface area (Å²) in [5.74, 6) is 0.754. The number of amides is 1. The zero-order valence-corrected chi connectivity index (χ0v) is 16.6. The van der Waals surface area contributed by atoms with Crippen LogP contribution in [0.2, 0.25) is 10.0 Å². The molecule has 0 atom stereocenters. The molecule has 4 rings (SSSR count). The average Bonchev–Trinajstić information content (AvgIpc) is 3.18. The SMILES string of the molecule is O=C(Nc1ccnn1Cc1cccc(Cl)c1Cl)c1cnc(-c2ccccc2)nc1. The van der Waals surface area contributed by atoms with E-state index in [1.807, 2.05) is 42.5 Å². The Bertz CT molecular complexity index is 1140. The molecule has 0 aliphatic rings. The first-order chi connectivity index (χ1) is 14.1. The number of carbonyl (C=O) groups is 1. The van der Waals surface area contributed by atoms with Gasteiger partial charge in [0, 0.05) is 24.0 Å². The van der Waals surface area contributed by atoms with Crippen LogP contribution in [-0.2, 0) is 6.54 Å². The Kier molecular flexibility index (Phi) is 5.55. The zero-order chi connectivity index (χ0) is 20.2. The van der Waals surface area contributed by atoms with Crippen LogP contribution in [0.1, 0.15) is 15.9 Å². The van der Waals surface area contributed by atoms with Crippen molar-refractivity contribution in [3.8, 4) is 11.4 Å². The summed E-state index contributed by atoms with van der Waals surface area (Å²) in [6.07, 6.45) is 4.60. The molecule has 0 aliphatic heterocycles. The van der Waals surface area contributed by atoms with E-state index >= 15 is 0 Å². The lowest BCUT2D eigenvalue weighted by atomic mass is 10.2. The van der Waals surface area contributed by atoms with Crippen LogP contribution < -0.4 is 5.32 Å². The lowest BCUT2D eigenvalue weighted by Gasteiger charge is -2.11. The summed E-state index contributed by atoms with van der Waals surface area (Å²) < 4.78 is 1.63. The second-order valence-corrected chi connectivity index (χ2v) is 6.99. The number of nitrogens with one attached hydrogen (secondary N) is 1. The zero-order valence-electron chi connectivity index (χ0n) is 15.1. The summed E-state index contributed by atoms with van der Waals surface area (Å²) in [6.45, 7) is 0.367. The average molecular weight is 424 g/mol. The smallest absolute Gasteiger partial charge is 0.259 e. The molecular formula is C21H15Cl2N5O. The van der Waals surface area contributed by atoms with Gasteiger partial charge in [0.05, 0.1) is 28.4 Å². The highest BCUT2D eigenvalue weighted by Gasteiger charge is 2.13. The van der Waals surface area contributed by atoms with Gasteiger partial charge in [-0.2, -0.15) is 5.10 Å². The third kappa shape index (κ3) is 4.29. The fourth-order valence-electron chi connectivity index (χ4n) is 2.77. The van der Waals surface area contributed by atoms with Gasteiger partial charge >= 0.3 is 0 Å². The summed E-state index contributed by atoms with van der Waals surface area (Å²) in [5.41, 5.74) is 2.03. The van der Waals surface area contributed by atoms with Gasteiger partial charge in [0.1, 0.15) is 5.82 Å². The molecule has 0 unspecified atom stereocenters. The molecule has 2 aromatic heterocycles. The van der Waals surface area contributed by atoms with Gasteiger partial charge in [0.2, 0.25) is 0 Å². The number of rotatable bonds is 5. The van der Waals surface area contributed by atoms with E-state index in [4.69, 9.17) is 23.2 Å². The molecule has 0 saturated carbocycles. The Morgan fingerprint density at radius 1 is 0.966 bits per heavy atom. The molecule has 0 saturated heterocycles. The number of anilines is 1.